The van der Waals surface area contributed by atoms with E-state index in [4.69, 9.17) is 10.6 Å². The third-order valence-electron chi connectivity index (χ3n) is 2.81. The normalized spacial score (nSPS) is 15.6. The van der Waals surface area contributed by atoms with Crippen LogP contribution in [-0.4, -0.2) is 23.1 Å². The lowest BCUT2D eigenvalue weighted by molar-refractivity contribution is 0.168. The lowest BCUT2D eigenvalue weighted by atomic mass is 10.2. The summed E-state index contributed by atoms with van der Waals surface area (Å²) in [6.45, 7) is 1.50. The fraction of sp³-hybridized carbons (Fsp3) is 0.273. The number of rotatable bonds is 1. The lowest BCUT2D eigenvalue weighted by Gasteiger charge is -2.18. The maximum Gasteiger partial charge on any atom is 0.258 e. The van der Waals surface area contributed by atoms with Crippen LogP contribution < -0.4 is 16.4 Å². The largest absolute Gasteiger partial charge is 0.397 e. The minimum Gasteiger partial charge on any atom is -0.397 e. The number of fused-ring (bicyclic) bond motifs is 1. The third kappa shape index (κ3) is 1.62. The van der Waals surface area contributed by atoms with Gasteiger partial charge in [0.25, 0.3) is 5.56 Å². The number of benzene rings is 1. The van der Waals surface area contributed by atoms with Gasteiger partial charge in [-0.15, -0.1) is 0 Å². The summed E-state index contributed by atoms with van der Waals surface area (Å²) in [5.74, 6) is 0. The maximum absolute atomic E-state index is 11.6. The molecule has 6 nitrogen and oxygen atoms in total. The van der Waals surface area contributed by atoms with Crippen molar-refractivity contribution in [2.45, 2.75) is 6.42 Å². The van der Waals surface area contributed by atoms with E-state index in [-0.39, 0.29) is 5.56 Å². The van der Waals surface area contributed by atoms with Crippen molar-refractivity contribution in [2.75, 3.05) is 23.9 Å². The molecule has 1 aliphatic heterocycles. The number of nitrogens with one attached hydrogen (secondary N) is 1. The van der Waals surface area contributed by atoms with Crippen molar-refractivity contribution in [2.24, 2.45) is 0 Å². The molecule has 0 spiro atoms. The first-order valence-corrected chi connectivity index (χ1v) is 5.43. The fourth-order valence-corrected chi connectivity index (χ4v) is 1.97. The molecule has 0 unspecified atom stereocenters. The molecule has 6 heteroatoms. The molecule has 0 saturated carbocycles. The second-order valence-electron chi connectivity index (χ2n) is 3.95. The molecule has 2 heterocycles. The van der Waals surface area contributed by atoms with Crippen LogP contribution in [-0.2, 0) is 4.84 Å². The summed E-state index contributed by atoms with van der Waals surface area (Å²) in [5, 5.41) is 2.24. The monoisotopic (exact) mass is 232 g/mol. The molecule has 1 aromatic heterocycles. The Hall–Kier alpha value is -2.08. The molecule has 0 amide bonds. The first kappa shape index (κ1) is 10.1. The Labute approximate surface area is 97.0 Å². The Bertz CT molecular complexity index is 616. The van der Waals surface area contributed by atoms with Crippen LogP contribution in [0.5, 0.6) is 0 Å². The van der Waals surface area contributed by atoms with Crippen molar-refractivity contribution in [3.05, 3.63) is 28.8 Å². The summed E-state index contributed by atoms with van der Waals surface area (Å²) in [7, 11) is 0. The molecule has 0 bridgehead atoms. The van der Waals surface area contributed by atoms with Gasteiger partial charge in [-0.2, -0.15) is 0 Å². The first-order chi connectivity index (χ1) is 8.25. The van der Waals surface area contributed by atoms with E-state index in [0.717, 1.165) is 18.7 Å². The highest BCUT2D eigenvalue weighted by molar-refractivity contribution is 5.88. The molecule has 88 valence electrons. The number of nitrogen functional groups attached to an aromatic ring is 1. The number of hydrogen-bond donors (Lipinski definition) is 2. The quantitative estimate of drug-likeness (QED) is 0.705. The fourth-order valence-electron chi connectivity index (χ4n) is 1.97. The molecular formula is C11H12N4O2. The predicted molar refractivity (Wildman–Crippen MR) is 64.7 cm³/mol. The van der Waals surface area contributed by atoms with Gasteiger partial charge >= 0.3 is 0 Å². The van der Waals surface area contributed by atoms with E-state index in [2.05, 4.69) is 9.97 Å². The molecule has 0 aliphatic carbocycles. The summed E-state index contributed by atoms with van der Waals surface area (Å²) in [5.41, 5.74) is 7.66. The number of nitrogens with zero attached hydrogens (tertiary/aromatic N) is 2. The predicted octanol–water partition coefficient (Wildman–Crippen LogP) is 0.647. The molecule has 1 saturated heterocycles. The van der Waals surface area contributed by atoms with Gasteiger partial charge < -0.3 is 10.7 Å². The van der Waals surface area contributed by atoms with Gasteiger partial charge in [0.2, 0.25) is 0 Å². The van der Waals surface area contributed by atoms with Crippen LogP contribution in [0.15, 0.2) is 23.3 Å². The SMILES string of the molecule is Nc1cc2c(=O)[nH]cnc2cc1N1CCCO1. The smallest absolute Gasteiger partial charge is 0.258 e. The van der Waals surface area contributed by atoms with E-state index in [0.29, 0.717) is 23.2 Å². The van der Waals surface area contributed by atoms with Crippen LogP contribution in [0, 0.1) is 0 Å². The van der Waals surface area contributed by atoms with Crippen LogP contribution in [0.25, 0.3) is 10.9 Å². The van der Waals surface area contributed by atoms with Crippen LogP contribution >= 0.6 is 0 Å². The van der Waals surface area contributed by atoms with Crippen molar-refractivity contribution in [3.8, 4) is 0 Å². The van der Waals surface area contributed by atoms with Gasteiger partial charge in [0, 0.05) is 6.54 Å². The summed E-state index contributed by atoms with van der Waals surface area (Å²) in [4.78, 5) is 23.7. The highest BCUT2D eigenvalue weighted by Gasteiger charge is 2.17. The topological polar surface area (TPSA) is 84.2 Å². The summed E-state index contributed by atoms with van der Waals surface area (Å²) >= 11 is 0. The van der Waals surface area contributed by atoms with E-state index in [1.807, 2.05) is 0 Å². The van der Waals surface area contributed by atoms with Crippen molar-refractivity contribution in [1.82, 2.24) is 9.97 Å². The second-order valence-corrected chi connectivity index (χ2v) is 3.95. The number of hydrogen-bond acceptors (Lipinski definition) is 5. The molecule has 0 atom stereocenters. The standard InChI is InChI=1S/C11H12N4O2/c12-8-4-7-9(13-6-14-11(7)16)5-10(8)15-2-1-3-17-15/h4-6H,1-3,12H2,(H,13,14,16). The van der Waals surface area contributed by atoms with E-state index >= 15 is 0 Å². The number of anilines is 2. The number of aromatic amines is 1. The van der Waals surface area contributed by atoms with Crippen LogP contribution in [0.3, 0.4) is 0 Å². The van der Waals surface area contributed by atoms with Crippen molar-refractivity contribution in [3.63, 3.8) is 0 Å². The maximum atomic E-state index is 11.6. The zero-order valence-corrected chi connectivity index (χ0v) is 9.14. The van der Waals surface area contributed by atoms with Gasteiger partial charge in [-0.3, -0.25) is 14.7 Å². The minimum atomic E-state index is -0.185. The van der Waals surface area contributed by atoms with Crippen molar-refractivity contribution >= 4 is 22.3 Å². The molecule has 3 rings (SSSR count). The van der Waals surface area contributed by atoms with Crippen LogP contribution in [0.1, 0.15) is 6.42 Å². The molecule has 17 heavy (non-hydrogen) atoms. The molecular weight excluding hydrogens is 220 g/mol. The van der Waals surface area contributed by atoms with Crippen molar-refractivity contribution in [1.29, 1.82) is 0 Å². The van der Waals surface area contributed by atoms with E-state index in [1.165, 1.54) is 6.33 Å². The number of aromatic nitrogens is 2. The van der Waals surface area contributed by atoms with Crippen molar-refractivity contribution < 1.29 is 4.84 Å². The Balaban J connectivity index is 2.20. The average molecular weight is 232 g/mol. The highest BCUT2D eigenvalue weighted by Crippen LogP contribution is 2.28. The zero-order valence-electron chi connectivity index (χ0n) is 9.14. The van der Waals surface area contributed by atoms with E-state index < -0.39 is 0 Å². The molecule has 2 aromatic rings. The van der Waals surface area contributed by atoms with E-state index in [9.17, 15) is 4.79 Å². The Morgan fingerprint density at radius 1 is 1.47 bits per heavy atom. The Morgan fingerprint density at radius 2 is 2.35 bits per heavy atom. The molecule has 3 N–H and O–H groups in total. The average Bonchev–Trinajstić information content (AvgIpc) is 2.83. The first-order valence-electron chi connectivity index (χ1n) is 5.43. The second kappa shape index (κ2) is 3.74. The molecule has 1 aromatic carbocycles. The van der Waals surface area contributed by atoms with Gasteiger partial charge in [0.15, 0.2) is 0 Å². The lowest BCUT2D eigenvalue weighted by Crippen LogP contribution is -2.18. The minimum absolute atomic E-state index is 0.185. The van der Waals surface area contributed by atoms with Crippen LogP contribution in [0.4, 0.5) is 11.4 Å². The third-order valence-corrected chi connectivity index (χ3v) is 2.81. The number of nitrogens with two attached hydrogens (primary N) is 1. The summed E-state index contributed by atoms with van der Waals surface area (Å²) in [6.07, 6.45) is 2.36. The molecule has 1 fully saturated rings. The van der Waals surface area contributed by atoms with Gasteiger partial charge in [-0.1, -0.05) is 0 Å². The van der Waals surface area contributed by atoms with Gasteiger partial charge in [0.1, 0.15) is 0 Å². The highest BCUT2D eigenvalue weighted by atomic mass is 16.7. The molecule has 1 aliphatic rings. The Kier molecular flexibility index (Phi) is 2.22. The zero-order chi connectivity index (χ0) is 11.8. The van der Waals surface area contributed by atoms with Gasteiger partial charge in [0.05, 0.1) is 35.2 Å². The number of H-pyrrole nitrogens is 1. The number of hydroxylamine groups is 1. The van der Waals surface area contributed by atoms with Crippen LogP contribution in [0.2, 0.25) is 0 Å². The van der Waals surface area contributed by atoms with Gasteiger partial charge in [-0.05, 0) is 18.6 Å². The summed E-state index contributed by atoms with van der Waals surface area (Å²) < 4.78 is 0. The van der Waals surface area contributed by atoms with E-state index in [1.54, 1.807) is 17.2 Å². The molecule has 0 radical (unpaired) electrons. The summed E-state index contributed by atoms with van der Waals surface area (Å²) in [6, 6.07) is 3.42. The van der Waals surface area contributed by atoms with Gasteiger partial charge in [-0.25, -0.2) is 4.98 Å². The Morgan fingerprint density at radius 3 is 3.12 bits per heavy atom.